The summed E-state index contributed by atoms with van der Waals surface area (Å²) in [5.41, 5.74) is 9.26. The molecule has 0 saturated heterocycles. The van der Waals surface area contributed by atoms with Gasteiger partial charge in [0, 0.05) is 19.6 Å². The molecule has 0 aliphatic heterocycles. The molecule has 0 atom stereocenters. The maximum atomic E-state index is 5.88. The van der Waals surface area contributed by atoms with Gasteiger partial charge in [-0.25, -0.2) is 4.98 Å². The Bertz CT molecular complexity index is 982. The van der Waals surface area contributed by atoms with Gasteiger partial charge in [0.25, 0.3) is 0 Å². The molecule has 28 heavy (non-hydrogen) atoms. The van der Waals surface area contributed by atoms with Crippen LogP contribution in [0.4, 0.5) is 5.13 Å². The number of rotatable bonds is 8. The van der Waals surface area contributed by atoms with Crippen LogP contribution in [0.3, 0.4) is 0 Å². The molecule has 0 aliphatic rings. The average molecular weight is 390 g/mol. The molecule has 2 N–H and O–H groups in total. The van der Waals surface area contributed by atoms with Crippen molar-refractivity contribution in [2.75, 3.05) is 18.0 Å². The molecule has 142 valence electrons. The zero-order valence-electron chi connectivity index (χ0n) is 15.6. The minimum Gasteiger partial charge on any atom is -0.489 e. The molecular weight excluding hydrogens is 366 g/mol. The lowest BCUT2D eigenvalue weighted by atomic mass is 10.2. The van der Waals surface area contributed by atoms with Crippen LogP contribution in [0.1, 0.15) is 11.1 Å². The summed E-state index contributed by atoms with van der Waals surface area (Å²) in [6, 6.07) is 26.7. The van der Waals surface area contributed by atoms with Gasteiger partial charge in [-0.15, -0.1) is 0 Å². The van der Waals surface area contributed by atoms with E-state index in [1.807, 2.05) is 42.5 Å². The minimum absolute atomic E-state index is 0.575. The Morgan fingerprint density at radius 1 is 0.857 bits per heavy atom. The van der Waals surface area contributed by atoms with Crippen molar-refractivity contribution in [1.29, 1.82) is 0 Å². The second-order valence-electron chi connectivity index (χ2n) is 6.59. The molecule has 4 aromatic rings. The molecule has 0 unspecified atom stereocenters. The molecule has 4 nitrogen and oxygen atoms in total. The third-order valence-corrected chi connectivity index (χ3v) is 5.59. The number of benzene rings is 3. The number of anilines is 1. The quantitative estimate of drug-likeness (QED) is 0.468. The first-order valence-corrected chi connectivity index (χ1v) is 10.2. The minimum atomic E-state index is 0.575. The summed E-state index contributed by atoms with van der Waals surface area (Å²) in [7, 11) is 0. The summed E-state index contributed by atoms with van der Waals surface area (Å²) < 4.78 is 7.08. The van der Waals surface area contributed by atoms with E-state index in [4.69, 9.17) is 15.5 Å². The van der Waals surface area contributed by atoms with Crippen molar-refractivity contribution >= 4 is 26.7 Å². The molecule has 1 heterocycles. The number of hydrogen-bond donors (Lipinski definition) is 1. The Morgan fingerprint density at radius 3 is 2.36 bits per heavy atom. The van der Waals surface area contributed by atoms with Crippen LogP contribution >= 0.6 is 11.3 Å². The number of aromatic nitrogens is 1. The van der Waals surface area contributed by atoms with Crippen molar-refractivity contribution in [3.05, 3.63) is 90.0 Å². The van der Waals surface area contributed by atoms with Crippen molar-refractivity contribution in [2.45, 2.75) is 13.2 Å². The van der Waals surface area contributed by atoms with E-state index >= 15 is 0 Å². The lowest BCUT2D eigenvalue weighted by Gasteiger charge is -2.21. The topological polar surface area (TPSA) is 51.4 Å². The van der Waals surface area contributed by atoms with E-state index < -0.39 is 0 Å². The molecule has 0 fully saturated rings. The van der Waals surface area contributed by atoms with Crippen molar-refractivity contribution < 1.29 is 4.74 Å². The number of hydrogen-bond acceptors (Lipinski definition) is 5. The number of ether oxygens (including phenoxy) is 1. The number of fused-ring (bicyclic) bond motifs is 1. The van der Waals surface area contributed by atoms with Gasteiger partial charge in [-0.3, -0.25) is 0 Å². The second kappa shape index (κ2) is 8.87. The van der Waals surface area contributed by atoms with Crippen molar-refractivity contribution in [3.8, 4) is 5.75 Å². The molecule has 0 bridgehead atoms. The Kier molecular flexibility index (Phi) is 5.85. The van der Waals surface area contributed by atoms with E-state index in [-0.39, 0.29) is 0 Å². The first-order chi connectivity index (χ1) is 13.8. The monoisotopic (exact) mass is 389 g/mol. The first-order valence-electron chi connectivity index (χ1n) is 9.38. The number of nitrogens with zero attached hydrogens (tertiary/aromatic N) is 2. The number of para-hydroxylation sites is 1. The van der Waals surface area contributed by atoms with Crippen LogP contribution in [0.15, 0.2) is 78.9 Å². The van der Waals surface area contributed by atoms with Crippen LogP contribution in [0, 0.1) is 0 Å². The van der Waals surface area contributed by atoms with E-state index in [0.717, 1.165) is 35.1 Å². The fourth-order valence-electron chi connectivity index (χ4n) is 3.05. The molecule has 0 saturated carbocycles. The Labute approximate surface area is 169 Å². The van der Waals surface area contributed by atoms with Gasteiger partial charge < -0.3 is 15.4 Å². The zero-order valence-corrected chi connectivity index (χ0v) is 16.4. The molecule has 1 aromatic heterocycles. The van der Waals surface area contributed by atoms with E-state index in [1.54, 1.807) is 11.3 Å². The van der Waals surface area contributed by atoms with Crippen LogP contribution in [-0.4, -0.2) is 18.1 Å². The molecule has 0 radical (unpaired) electrons. The molecule has 0 aliphatic carbocycles. The summed E-state index contributed by atoms with van der Waals surface area (Å²) in [6.45, 7) is 2.71. The normalized spacial score (nSPS) is 10.9. The van der Waals surface area contributed by atoms with E-state index in [0.29, 0.717) is 13.2 Å². The predicted molar refractivity (Wildman–Crippen MR) is 117 cm³/mol. The van der Waals surface area contributed by atoms with Crippen molar-refractivity contribution in [1.82, 2.24) is 4.98 Å². The van der Waals surface area contributed by atoms with Crippen LogP contribution < -0.4 is 15.4 Å². The highest BCUT2D eigenvalue weighted by molar-refractivity contribution is 7.22. The Hall–Kier alpha value is -2.89. The van der Waals surface area contributed by atoms with E-state index in [2.05, 4.69) is 41.3 Å². The fourth-order valence-corrected chi connectivity index (χ4v) is 4.04. The van der Waals surface area contributed by atoms with Gasteiger partial charge in [0.05, 0.1) is 10.2 Å². The molecule has 3 aromatic carbocycles. The summed E-state index contributed by atoms with van der Waals surface area (Å²) in [4.78, 5) is 7.01. The molecule has 0 spiro atoms. The van der Waals surface area contributed by atoms with Gasteiger partial charge in [-0.2, -0.15) is 0 Å². The summed E-state index contributed by atoms with van der Waals surface area (Å²) in [6.07, 6.45) is 0. The van der Waals surface area contributed by atoms with Gasteiger partial charge >= 0.3 is 0 Å². The summed E-state index contributed by atoms with van der Waals surface area (Å²) in [5, 5.41) is 1.01. The highest BCUT2D eigenvalue weighted by Gasteiger charge is 2.12. The first kappa shape index (κ1) is 18.5. The molecule has 4 rings (SSSR count). The van der Waals surface area contributed by atoms with Crippen LogP contribution in [0.25, 0.3) is 10.2 Å². The van der Waals surface area contributed by atoms with Crippen LogP contribution in [-0.2, 0) is 13.2 Å². The SMILES string of the molecule is NCCN(Cc1ccc(OCc2ccccc2)cc1)c1nc2ccccc2s1. The fraction of sp³-hybridized carbons (Fsp3) is 0.174. The number of nitrogens with two attached hydrogens (primary N) is 1. The lowest BCUT2D eigenvalue weighted by Crippen LogP contribution is -2.28. The largest absolute Gasteiger partial charge is 0.489 e. The van der Waals surface area contributed by atoms with Gasteiger partial charge in [0.1, 0.15) is 12.4 Å². The predicted octanol–water partition coefficient (Wildman–Crippen LogP) is 4.84. The third kappa shape index (κ3) is 4.50. The molecular formula is C23H23N3OS. The summed E-state index contributed by atoms with van der Waals surface area (Å²) in [5.74, 6) is 0.873. The number of thiazole rings is 1. The van der Waals surface area contributed by atoms with E-state index in [1.165, 1.54) is 10.3 Å². The molecule has 5 heteroatoms. The van der Waals surface area contributed by atoms with Crippen LogP contribution in [0.5, 0.6) is 5.75 Å². The van der Waals surface area contributed by atoms with Crippen LogP contribution in [0.2, 0.25) is 0 Å². The van der Waals surface area contributed by atoms with E-state index in [9.17, 15) is 0 Å². The summed E-state index contributed by atoms with van der Waals surface area (Å²) >= 11 is 1.71. The van der Waals surface area contributed by atoms with Crippen molar-refractivity contribution in [2.24, 2.45) is 5.73 Å². The Morgan fingerprint density at radius 2 is 1.61 bits per heavy atom. The maximum Gasteiger partial charge on any atom is 0.186 e. The van der Waals surface area contributed by atoms with Crippen molar-refractivity contribution in [3.63, 3.8) is 0 Å². The molecule has 0 amide bonds. The van der Waals surface area contributed by atoms with Gasteiger partial charge in [-0.05, 0) is 35.4 Å². The Balaban J connectivity index is 1.43. The standard InChI is InChI=1S/C23H23N3OS/c24-14-15-26(23-25-21-8-4-5-9-22(21)28-23)16-18-10-12-20(13-11-18)27-17-19-6-2-1-3-7-19/h1-13H,14-17,24H2. The van der Waals surface area contributed by atoms with Gasteiger partial charge in [0.2, 0.25) is 0 Å². The highest BCUT2D eigenvalue weighted by Crippen LogP contribution is 2.29. The smallest absolute Gasteiger partial charge is 0.186 e. The third-order valence-electron chi connectivity index (χ3n) is 4.50. The van der Waals surface area contributed by atoms with Gasteiger partial charge in [-0.1, -0.05) is 65.9 Å². The second-order valence-corrected chi connectivity index (χ2v) is 7.60. The zero-order chi connectivity index (χ0) is 19.2. The average Bonchev–Trinajstić information content (AvgIpc) is 3.18. The maximum absolute atomic E-state index is 5.88. The van der Waals surface area contributed by atoms with Gasteiger partial charge in [0.15, 0.2) is 5.13 Å². The highest BCUT2D eigenvalue weighted by atomic mass is 32.1. The lowest BCUT2D eigenvalue weighted by molar-refractivity contribution is 0.306.